The lowest BCUT2D eigenvalue weighted by Gasteiger charge is -2.06. The first-order valence-corrected chi connectivity index (χ1v) is 12.1. The predicted molar refractivity (Wildman–Crippen MR) is 118 cm³/mol. The molecule has 0 rings (SSSR count). The van der Waals surface area contributed by atoms with E-state index in [9.17, 15) is 9.90 Å². The Morgan fingerprint density at radius 1 is 0.630 bits per heavy atom. The zero-order valence-corrected chi connectivity index (χ0v) is 18.4. The minimum absolute atomic E-state index is 0.0535. The number of carbonyl (C=O) groups excluding carboxylic acids is 1. The SMILES string of the molecule is CCCCCCCCCCCCCCCCCCCCCC(=O)C(O)CN. The van der Waals surface area contributed by atoms with E-state index < -0.39 is 6.10 Å². The van der Waals surface area contributed by atoms with Crippen molar-refractivity contribution in [1.29, 1.82) is 0 Å². The number of aliphatic hydroxyl groups is 1. The molecule has 162 valence electrons. The van der Waals surface area contributed by atoms with E-state index >= 15 is 0 Å². The Kier molecular flexibility index (Phi) is 21.6. The fourth-order valence-electron chi connectivity index (χ4n) is 3.68. The van der Waals surface area contributed by atoms with Crippen molar-refractivity contribution >= 4 is 5.78 Å². The van der Waals surface area contributed by atoms with Crippen LogP contribution in [0.3, 0.4) is 0 Å². The van der Waals surface area contributed by atoms with Crippen LogP contribution in [0.25, 0.3) is 0 Å². The fraction of sp³-hybridized carbons (Fsp3) is 0.958. The predicted octanol–water partition coefficient (Wildman–Crippen LogP) is 6.70. The van der Waals surface area contributed by atoms with Gasteiger partial charge >= 0.3 is 0 Å². The van der Waals surface area contributed by atoms with Crippen LogP contribution in [0.1, 0.15) is 135 Å². The van der Waals surface area contributed by atoms with Crippen LogP contribution in [0.5, 0.6) is 0 Å². The van der Waals surface area contributed by atoms with Crippen molar-refractivity contribution in [2.45, 2.75) is 141 Å². The summed E-state index contributed by atoms with van der Waals surface area (Å²) in [6, 6.07) is 0. The van der Waals surface area contributed by atoms with Crippen molar-refractivity contribution in [1.82, 2.24) is 0 Å². The van der Waals surface area contributed by atoms with Crippen molar-refractivity contribution in [2.24, 2.45) is 5.73 Å². The zero-order chi connectivity index (χ0) is 20.0. The van der Waals surface area contributed by atoms with Gasteiger partial charge in [0.2, 0.25) is 0 Å². The lowest BCUT2D eigenvalue weighted by Crippen LogP contribution is -2.28. The number of unbranched alkanes of at least 4 members (excludes halogenated alkanes) is 18. The first-order chi connectivity index (χ1) is 13.2. The van der Waals surface area contributed by atoms with Crippen molar-refractivity contribution in [2.75, 3.05) is 6.54 Å². The summed E-state index contributed by atoms with van der Waals surface area (Å²) < 4.78 is 0. The van der Waals surface area contributed by atoms with E-state index in [0.29, 0.717) is 6.42 Å². The van der Waals surface area contributed by atoms with Gasteiger partial charge in [0, 0.05) is 13.0 Å². The maximum atomic E-state index is 11.4. The molecule has 0 aromatic heterocycles. The summed E-state index contributed by atoms with van der Waals surface area (Å²) in [6.45, 7) is 2.34. The Hall–Kier alpha value is -0.410. The second-order valence-corrected chi connectivity index (χ2v) is 8.33. The standard InChI is InChI=1S/C24H49NO2/c1-2-3-4-5-6-7-8-9-10-11-12-13-14-15-16-17-18-19-20-21-23(26)24(27)22-25/h24,27H,2-22,25H2,1H3. The van der Waals surface area contributed by atoms with Gasteiger partial charge in [-0.05, 0) is 6.42 Å². The third kappa shape index (κ3) is 20.1. The quantitative estimate of drug-likeness (QED) is 0.204. The molecule has 0 saturated heterocycles. The molecule has 0 heterocycles. The lowest BCUT2D eigenvalue weighted by molar-refractivity contribution is -0.126. The van der Waals surface area contributed by atoms with Gasteiger partial charge in [0.15, 0.2) is 5.78 Å². The third-order valence-electron chi connectivity index (χ3n) is 5.62. The number of aliphatic hydroxyl groups excluding tert-OH is 1. The van der Waals surface area contributed by atoms with Crippen LogP contribution in [0.4, 0.5) is 0 Å². The topological polar surface area (TPSA) is 63.3 Å². The van der Waals surface area contributed by atoms with Crippen molar-refractivity contribution in [3.8, 4) is 0 Å². The third-order valence-corrected chi connectivity index (χ3v) is 5.62. The van der Waals surface area contributed by atoms with Crippen LogP contribution in [0.2, 0.25) is 0 Å². The van der Waals surface area contributed by atoms with E-state index in [1.54, 1.807) is 0 Å². The number of hydrogen-bond acceptors (Lipinski definition) is 3. The average molecular weight is 384 g/mol. The molecule has 0 spiro atoms. The molecule has 0 aromatic carbocycles. The summed E-state index contributed by atoms with van der Waals surface area (Å²) >= 11 is 0. The van der Waals surface area contributed by atoms with Gasteiger partial charge < -0.3 is 10.8 Å². The second kappa shape index (κ2) is 21.9. The van der Waals surface area contributed by atoms with Gasteiger partial charge in [0.1, 0.15) is 6.10 Å². The van der Waals surface area contributed by atoms with Crippen molar-refractivity contribution in [3.63, 3.8) is 0 Å². The Balaban J connectivity index is 3.08. The molecule has 3 nitrogen and oxygen atoms in total. The molecular formula is C24H49NO2. The van der Waals surface area contributed by atoms with Crippen molar-refractivity contribution < 1.29 is 9.90 Å². The highest BCUT2D eigenvalue weighted by Crippen LogP contribution is 2.14. The fourth-order valence-corrected chi connectivity index (χ4v) is 3.68. The number of ketones is 1. The van der Waals surface area contributed by atoms with Gasteiger partial charge in [0.25, 0.3) is 0 Å². The molecule has 0 radical (unpaired) electrons. The molecule has 0 saturated carbocycles. The van der Waals surface area contributed by atoms with Crippen LogP contribution in [-0.4, -0.2) is 23.5 Å². The van der Waals surface area contributed by atoms with E-state index in [0.717, 1.165) is 12.8 Å². The molecule has 0 aliphatic carbocycles. The van der Waals surface area contributed by atoms with Crippen LogP contribution in [0, 0.1) is 0 Å². The van der Waals surface area contributed by atoms with Gasteiger partial charge in [-0.25, -0.2) is 0 Å². The summed E-state index contributed by atoms with van der Waals surface area (Å²) in [4.78, 5) is 11.4. The Morgan fingerprint density at radius 3 is 1.22 bits per heavy atom. The molecule has 1 atom stereocenters. The second-order valence-electron chi connectivity index (χ2n) is 8.33. The van der Waals surface area contributed by atoms with Crippen molar-refractivity contribution in [3.05, 3.63) is 0 Å². The average Bonchev–Trinajstić information content (AvgIpc) is 2.68. The maximum absolute atomic E-state index is 11.4. The Labute approximate surface area is 169 Å². The first kappa shape index (κ1) is 26.6. The minimum Gasteiger partial charge on any atom is -0.384 e. The van der Waals surface area contributed by atoms with E-state index in [1.807, 2.05) is 0 Å². The summed E-state index contributed by atoms with van der Waals surface area (Å²) in [7, 11) is 0. The van der Waals surface area contributed by atoms with Crippen LogP contribution >= 0.6 is 0 Å². The van der Waals surface area contributed by atoms with Gasteiger partial charge in [-0.3, -0.25) is 4.79 Å². The van der Waals surface area contributed by atoms with Gasteiger partial charge in [-0.15, -0.1) is 0 Å². The molecule has 0 aliphatic rings. The lowest BCUT2D eigenvalue weighted by atomic mass is 10.0. The number of Topliss-reactive ketones (excluding diaryl/α,β-unsaturated/α-hetero) is 1. The smallest absolute Gasteiger partial charge is 0.162 e. The Morgan fingerprint density at radius 2 is 0.926 bits per heavy atom. The molecule has 0 aliphatic heterocycles. The minimum atomic E-state index is -0.944. The molecule has 0 aromatic rings. The molecular weight excluding hydrogens is 334 g/mol. The highest BCUT2D eigenvalue weighted by atomic mass is 16.3. The summed E-state index contributed by atoms with van der Waals surface area (Å²) in [5.41, 5.74) is 5.28. The normalized spacial score (nSPS) is 12.4. The number of nitrogens with two attached hydrogens (primary N) is 1. The van der Waals surface area contributed by atoms with Gasteiger partial charge in [-0.2, -0.15) is 0 Å². The van der Waals surface area contributed by atoms with Gasteiger partial charge in [-0.1, -0.05) is 122 Å². The zero-order valence-electron chi connectivity index (χ0n) is 18.4. The van der Waals surface area contributed by atoms with E-state index in [2.05, 4.69) is 6.92 Å². The molecule has 27 heavy (non-hydrogen) atoms. The van der Waals surface area contributed by atoms with E-state index in [-0.39, 0.29) is 12.3 Å². The van der Waals surface area contributed by atoms with Crippen LogP contribution in [0.15, 0.2) is 0 Å². The number of carbonyl (C=O) groups is 1. The van der Waals surface area contributed by atoms with Gasteiger partial charge in [0.05, 0.1) is 0 Å². The molecule has 3 heteroatoms. The number of rotatable bonds is 22. The molecule has 1 unspecified atom stereocenters. The molecule has 0 amide bonds. The summed E-state index contributed by atoms with van der Waals surface area (Å²) in [6.07, 6.45) is 25.3. The number of hydrogen-bond donors (Lipinski definition) is 2. The highest BCUT2D eigenvalue weighted by Gasteiger charge is 2.11. The summed E-state index contributed by atoms with van der Waals surface area (Å²) in [5, 5.41) is 9.30. The monoisotopic (exact) mass is 383 g/mol. The molecule has 0 bridgehead atoms. The van der Waals surface area contributed by atoms with E-state index in [4.69, 9.17) is 5.73 Å². The Bertz CT molecular complexity index is 307. The molecule has 0 fully saturated rings. The van der Waals surface area contributed by atoms with E-state index in [1.165, 1.54) is 109 Å². The first-order valence-electron chi connectivity index (χ1n) is 12.1. The largest absolute Gasteiger partial charge is 0.384 e. The summed E-state index contributed by atoms with van der Waals surface area (Å²) in [5.74, 6) is -0.0931. The van der Waals surface area contributed by atoms with Crippen LogP contribution < -0.4 is 5.73 Å². The molecule has 3 N–H and O–H groups in total. The maximum Gasteiger partial charge on any atom is 0.162 e. The van der Waals surface area contributed by atoms with Crippen LogP contribution in [-0.2, 0) is 4.79 Å². The highest BCUT2D eigenvalue weighted by molar-refractivity contribution is 5.82.